The molecule has 1 atom stereocenters. The molecule has 0 aliphatic heterocycles. The molecule has 110 valence electrons. The minimum Gasteiger partial charge on any atom is -0.497 e. The van der Waals surface area contributed by atoms with Gasteiger partial charge in [-0.05, 0) is 18.1 Å². The summed E-state index contributed by atoms with van der Waals surface area (Å²) in [7, 11) is 2.96. The molecule has 0 radical (unpaired) electrons. The lowest BCUT2D eigenvalue weighted by Gasteiger charge is -2.29. The quantitative estimate of drug-likeness (QED) is 0.771. The summed E-state index contributed by atoms with van der Waals surface area (Å²) in [6.45, 7) is 3.48. The Hall–Kier alpha value is -2.24. The number of carbonyl (C=O) groups is 2. The van der Waals surface area contributed by atoms with E-state index in [1.807, 2.05) is 0 Å². The van der Waals surface area contributed by atoms with Gasteiger partial charge in [-0.15, -0.1) is 0 Å². The average Bonchev–Trinajstić information content (AvgIpc) is 2.42. The third kappa shape index (κ3) is 3.20. The summed E-state index contributed by atoms with van der Waals surface area (Å²) in [6.07, 6.45) is 0.503. The monoisotopic (exact) mass is 281 g/mol. The van der Waals surface area contributed by atoms with Gasteiger partial charge in [0.1, 0.15) is 17.5 Å². The largest absolute Gasteiger partial charge is 0.497 e. The number of carboxylic acids is 1. The van der Waals surface area contributed by atoms with E-state index in [9.17, 15) is 14.7 Å². The van der Waals surface area contributed by atoms with Gasteiger partial charge in [0.2, 0.25) is 6.41 Å². The van der Waals surface area contributed by atoms with Crippen LogP contribution in [0.4, 0.5) is 5.69 Å². The van der Waals surface area contributed by atoms with E-state index in [2.05, 4.69) is 0 Å². The molecule has 6 nitrogen and oxygen atoms in total. The predicted octanol–water partition coefficient (Wildman–Crippen LogP) is 1.78. The molecule has 0 saturated heterocycles. The summed E-state index contributed by atoms with van der Waals surface area (Å²) >= 11 is 0. The fourth-order valence-electron chi connectivity index (χ4n) is 2.00. The maximum atomic E-state index is 11.4. The number of rotatable bonds is 7. The van der Waals surface area contributed by atoms with Gasteiger partial charge in [-0.25, -0.2) is 4.79 Å². The van der Waals surface area contributed by atoms with Crippen molar-refractivity contribution in [2.45, 2.75) is 19.9 Å². The fourth-order valence-corrected chi connectivity index (χ4v) is 2.00. The van der Waals surface area contributed by atoms with Gasteiger partial charge in [0, 0.05) is 6.07 Å². The molecule has 0 spiro atoms. The third-order valence-corrected chi connectivity index (χ3v) is 2.96. The highest BCUT2D eigenvalue weighted by Crippen LogP contribution is 2.33. The lowest BCUT2D eigenvalue weighted by Crippen LogP contribution is -2.44. The highest BCUT2D eigenvalue weighted by atomic mass is 16.5. The van der Waals surface area contributed by atoms with Crippen LogP contribution in [0.3, 0.4) is 0 Å². The first-order valence-electron chi connectivity index (χ1n) is 6.14. The molecule has 0 bridgehead atoms. The Balaban J connectivity index is 3.30. The van der Waals surface area contributed by atoms with Crippen molar-refractivity contribution < 1.29 is 24.2 Å². The van der Waals surface area contributed by atoms with Gasteiger partial charge in [0.05, 0.1) is 19.9 Å². The Morgan fingerprint density at radius 3 is 2.35 bits per heavy atom. The van der Waals surface area contributed by atoms with Crippen molar-refractivity contribution in [2.24, 2.45) is 5.92 Å². The van der Waals surface area contributed by atoms with Crippen molar-refractivity contribution >= 4 is 18.1 Å². The van der Waals surface area contributed by atoms with Crippen LogP contribution in [0.25, 0.3) is 0 Å². The molecule has 1 rings (SSSR count). The zero-order valence-electron chi connectivity index (χ0n) is 12.0. The van der Waals surface area contributed by atoms with Crippen LogP contribution in [0, 0.1) is 5.92 Å². The van der Waals surface area contributed by atoms with E-state index < -0.39 is 12.0 Å². The van der Waals surface area contributed by atoms with Crippen molar-refractivity contribution in [1.29, 1.82) is 0 Å². The van der Waals surface area contributed by atoms with Gasteiger partial charge >= 0.3 is 5.97 Å². The van der Waals surface area contributed by atoms with Crippen molar-refractivity contribution in [1.82, 2.24) is 0 Å². The number of carboxylic acid groups (broad SMARTS) is 1. The molecule has 0 fully saturated rings. The number of hydrogen-bond acceptors (Lipinski definition) is 4. The van der Waals surface area contributed by atoms with Gasteiger partial charge in [-0.3, -0.25) is 9.69 Å². The molecule has 0 aromatic heterocycles. The van der Waals surface area contributed by atoms with Crippen molar-refractivity contribution in [3.8, 4) is 11.5 Å². The molecule has 6 heteroatoms. The number of ether oxygens (including phenoxy) is 2. The molecule has 0 aliphatic rings. The van der Waals surface area contributed by atoms with Crippen LogP contribution in [0.15, 0.2) is 18.2 Å². The lowest BCUT2D eigenvalue weighted by atomic mass is 10.0. The zero-order valence-corrected chi connectivity index (χ0v) is 12.0. The maximum Gasteiger partial charge on any atom is 0.327 e. The van der Waals surface area contributed by atoms with E-state index >= 15 is 0 Å². The first kappa shape index (κ1) is 15.8. The standard InChI is InChI=1S/C14H19NO5/c1-9(2)13(14(17)18)15(8-16)11-6-5-10(19-3)7-12(11)20-4/h5-9,13H,1-4H3,(H,17,18). The van der Waals surface area contributed by atoms with Crippen molar-refractivity contribution in [3.05, 3.63) is 18.2 Å². The van der Waals surface area contributed by atoms with Crippen molar-refractivity contribution in [3.63, 3.8) is 0 Å². The first-order valence-corrected chi connectivity index (χ1v) is 6.14. The number of aliphatic carboxylic acids is 1. The van der Waals surface area contributed by atoms with E-state index in [0.29, 0.717) is 23.6 Å². The van der Waals surface area contributed by atoms with Gasteiger partial charge in [-0.1, -0.05) is 13.8 Å². The third-order valence-electron chi connectivity index (χ3n) is 2.96. The Morgan fingerprint density at radius 1 is 1.30 bits per heavy atom. The molecule has 1 aromatic rings. The van der Waals surface area contributed by atoms with Crippen molar-refractivity contribution in [2.75, 3.05) is 19.1 Å². The van der Waals surface area contributed by atoms with Gasteiger partial charge < -0.3 is 14.6 Å². The van der Waals surface area contributed by atoms with E-state index in [-0.39, 0.29) is 5.92 Å². The second-order valence-electron chi connectivity index (χ2n) is 4.58. The van der Waals surface area contributed by atoms with Gasteiger partial charge in [0.25, 0.3) is 0 Å². The van der Waals surface area contributed by atoms with Gasteiger partial charge in [0.15, 0.2) is 0 Å². The number of hydrogen-bond donors (Lipinski definition) is 1. The number of nitrogens with zero attached hydrogens (tertiary/aromatic N) is 1. The van der Waals surface area contributed by atoms with Crippen LogP contribution < -0.4 is 14.4 Å². The number of amides is 1. The summed E-state index contributed by atoms with van der Waals surface area (Å²) in [5.74, 6) is -0.370. The van der Waals surface area contributed by atoms with Crippen LogP contribution in [0.1, 0.15) is 13.8 Å². The van der Waals surface area contributed by atoms with Crippen LogP contribution in [0.5, 0.6) is 11.5 Å². The number of methoxy groups -OCH3 is 2. The van der Waals surface area contributed by atoms with Crippen LogP contribution in [-0.2, 0) is 9.59 Å². The molecular weight excluding hydrogens is 262 g/mol. The van der Waals surface area contributed by atoms with Crippen LogP contribution >= 0.6 is 0 Å². The molecular formula is C14H19NO5. The Kier molecular flexibility index (Phi) is 5.37. The summed E-state index contributed by atoms with van der Waals surface area (Å²) < 4.78 is 10.3. The van der Waals surface area contributed by atoms with Crippen LogP contribution in [-0.4, -0.2) is 37.7 Å². The molecule has 1 amide bonds. The fraction of sp³-hybridized carbons (Fsp3) is 0.429. The first-order chi connectivity index (χ1) is 9.46. The molecule has 1 aromatic carbocycles. The summed E-state index contributed by atoms with van der Waals surface area (Å²) in [5, 5.41) is 9.30. The molecule has 0 saturated carbocycles. The van der Waals surface area contributed by atoms with E-state index in [4.69, 9.17) is 9.47 Å². The maximum absolute atomic E-state index is 11.4. The minimum atomic E-state index is -1.06. The number of benzene rings is 1. The highest BCUT2D eigenvalue weighted by Gasteiger charge is 2.30. The SMILES string of the molecule is COc1ccc(N(C=O)C(C(=O)O)C(C)C)c(OC)c1. The van der Waals surface area contributed by atoms with Gasteiger partial charge in [-0.2, -0.15) is 0 Å². The molecule has 1 unspecified atom stereocenters. The molecule has 20 heavy (non-hydrogen) atoms. The average molecular weight is 281 g/mol. The second kappa shape index (κ2) is 6.79. The summed E-state index contributed by atoms with van der Waals surface area (Å²) in [6, 6.07) is 3.89. The Morgan fingerprint density at radius 2 is 1.95 bits per heavy atom. The van der Waals surface area contributed by atoms with Crippen LogP contribution in [0.2, 0.25) is 0 Å². The Bertz CT molecular complexity index is 486. The van der Waals surface area contributed by atoms with E-state index in [0.717, 1.165) is 4.90 Å². The second-order valence-corrected chi connectivity index (χ2v) is 4.58. The Labute approximate surface area is 117 Å². The highest BCUT2D eigenvalue weighted by molar-refractivity contribution is 5.90. The van der Waals surface area contributed by atoms with E-state index in [1.165, 1.54) is 14.2 Å². The van der Waals surface area contributed by atoms with E-state index in [1.54, 1.807) is 32.0 Å². The normalized spacial score (nSPS) is 11.8. The topological polar surface area (TPSA) is 76.1 Å². The smallest absolute Gasteiger partial charge is 0.327 e. The zero-order chi connectivity index (χ0) is 15.3. The number of anilines is 1. The summed E-state index contributed by atoms with van der Waals surface area (Å²) in [5.41, 5.74) is 0.393. The molecule has 1 N–H and O–H groups in total. The predicted molar refractivity (Wildman–Crippen MR) is 74.4 cm³/mol. The number of carbonyl (C=O) groups excluding carboxylic acids is 1. The molecule has 0 heterocycles. The lowest BCUT2D eigenvalue weighted by molar-refractivity contribution is -0.140. The summed E-state index contributed by atoms with van der Waals surface area (Å²) in [4.78, 5) is 23.9. The molecule has 0 aliphatic carbocycles. The minimum absolute atomic E-state index is 0.246.